The molecule has 1 heterocycles. The van der Waals surface area contributed by atoms with E-state index in [4.69, 9.17) is 15.2 Å². The van der Waals surface area contributed by atoms with Crippen LogP contribution in [0.5, 0.6) is 0 Å². The fourth-order valence-electron chi connectivity index (χ4n) is 1.49. The molecule has 0 aromatic carbocycles. The van der Waals surface area contributed by atoms with Gasteiger partial charge in [0, 0.05) is 25.9 Å². The van der Waals surface area contributed by atoms with Crippen molar-refractivity contribution in [2.45, 2.75) is 25.8 Å². The third-order valence-electron chi connectivity index (χ3n) is 2.37. The smallest absolute Gasteiger partial charge is 0.0509 e. The highest BCUT2D eigenvalue weighted by molar-refractivity contribution is 4.75. The Hall–Kier alpha value is -0.120. The maximum Gasteiger partial charge on any atom is 0.0509 e. The molecule has 1 fully saturated rings. The number of rotatable bonds is 4. The molecule has 0 aliphatic carbocycles. The zero-order valence-corrected chi connectivity index (χ0v) is 7.79. The van der Waals surface area contributed by atoms with Crippen LogP contribution in [0.15, 0.2) is 0 Å². The average molecular weight is 173 g/mol. The lowest BCUT2D eigenvalue weighted by Crippen LogP contribution is -2.39. The highest BCUT2D eigenvalue weighted by Crippen LogP contribution is 2.16. The van der Waals surface area contributed by atoms with Crippen LogP contribution in [0.3, 0.4) is 0 Å². The molecule has 2 atom stereocenters. The van der Waals surface area contributed by atoms with Gasteiger partial charge in [0.05, 0.1) is 6.61 Å². The van der Waals surface area contributed by atoms with Gasteiger partial charge in [-0.3, -0.25) is 0 Å². The topological polar surface area (TPSA) is 44.5 Å². The van der Waals surface area contributed by atoms with Crippen LogP contribution < -0.4 is 5.73 Å². The van der Waals surface area contributed by atoms with Crippen LogP contribution >= 0.6 is 0 Å². The molecule has 1 aliphatic rings. The van der Waals surface area contributed by atoms with E-state index in [0.29, 0.717) is 12.0 Å². The van der Waals surface area contributed by atoms with Gasteiger partial charge in [0.2, 0.25) is 0 Å². The van der Waals surface area contributed by atoms with Crippen LogP contribution in [0.25, 0.3) is 0 Å². The summed E-state index contributed by atoms with van der Waals surface area (Å²) in [6, 6.07) is 0.319. The molecule has 0 bridgehead atoms. The van der Waals surface area contributed by atoms with Crippen molar-refractivity contribution < 1.29 is 9.47 Å². The van der Waals surface area contributed by atoms with Gasteiger partial charge in [-0.15, -0.1) is 0 Å². The molecule has 0 spiro atoms. The van der Waals surface area contributed by atoms with Gasteiger partial charge in [0.15, 0.2) is 0 Å². The molecule has 3 heteroatoms. The summed E-state index contributed by atoms with van der Waals surface area (Å²) in [6.07, 6.45) is 2.03. The monoisotopic (exact) mass is 173 g/mol. The summed E-state index contributed by atoms with van der Waals surface area (Å²) in [6.45, 7) is 5.26. The fraction of sp³-hybridized carbons (Fsp3) is 1.00. The number of ether oxygens (including phenoxy) is 2. The molecule has 72 valence electrons. The Balaban J connectivity index is 2.11. The third kappa shape index (κ3) is 3.09. The van der Waals surface area contributed by atoms with E-state index in [9.17, 15) is 0 Å². The summed E-state index contributed by atoms with van der Waals surface area (Å²) in [5, 5.41) is 0. The van der Waals surface area contributed by atoms with E-state index in [0.717, 1.165) is 39.3 Å². The molecule has 1 saturated heterocycles. The average Bonchev–Trinajstić information content (AvgIpc) is 2.09. The lowest BCUT2D eigenvalue weighted by atomic mass is 9.94. The van der Waals surface area contributed by atoms with Gasteiger partial charge in [0.1, 0.15) is 0 Å². The first-order valence-corrected chi connectivity index (χ1v) is 4.75. The minimum absolute atomic E-state index is 0.319. The summed E-state index contributed by atoms with van der Waals surface area (Å²) in [5.74, 6) is 0.505. The van der Waals surface area contributed by atoms with Gasteiger partial charge < -0.3 is 15.2 Å². The number of hydrogen-bond acceptors (Lipinski definition) is 3. The largest absolute Gasteiger partial charge is 0.382 e. The fourth-order valence-corrected chi connectivity index (χ4v) is 1.49. The summed E-state index contributed by atoms with van der Waals surface area (Å²) in [5.41, 5.74) is 5.93. The minimum atomic E-state index is 0.319. The van der Waals surface area contributed by atoms with E-state index >= 15 is 0 Å². The van der Waals surface area contributed by atoms with Crippen molar-refractivity contribution in [2.75, 3.05) is 26.4 Å². The lowest BCUT2D eigenvalue weighted by Gasteiger charge is -2.28. The molecule has 2 N–H and O–H groups in total. The summed E-state index contributed by atoms with van der Waals surface area (Å²) in [7, 11) is 0. The SMILES string of the molecule is CCOCCC1COCCC1N. The second kappa shape index (κ2) is 5.51. The van der Waals surface area contributed by atoms with Crippen LogP contribution in [0.4, 0.5) is 0 Å². The van der Waals surface area contributed by atoms with Crippen molar-refractivity contribution in [1.82, 2.24) is 0 Å². The number of nitrogens with two attached hydrogens (primary N) is 1. The Labute approximate surface area is 74.2 Å². The van der Waals surface area contributed by atoms with Crippen molar-refractivity contribution in [2.24, 2.45) is 11.7 Å². The molecular formula is C9H19NO2. The first-order valence-electron chi connectivity index (χ1n) is 4.75. The van der Waals surface area contributed by atoms with Crippen molar-refractivity contribution in [3.8, 4) is 0 Å². The molecule has 0 aromatic rings. The van der Waals surface area contributed by atoms with Gasteiger partial charge in [-0.1, -0.05) is 0 Å². The van der Waals surface area contributed by atoms with Gasteiger partial charge in [0.25, 0.3) is 0 Å². The van der Waals surface area contributed by atoms with E-state index in [2.05, 4.69) is 0 Å². The zero-order chi connectivity index (χ0) is 8.81. The van der Waals surface area contributed by atoms with Crippen LogP contribution in [0.2, 0.25) is 0 Å². The Bertz CT molecular complexity index is 119. The van der Waals surface area contributed by atoms with Crippen molar-refractivity contribution in [1.29, 1.82) is 0 Å². The molecule has 1 rings (SSSR count). The van der Waals surface area contributed by atoms with Crippen molar-refractivity contribution >= 4 is 0 Å². The maximum atomic E-state index is 5.93. The summed E-state index contributed by atoms with van der Waals surface area (Å²) < 4.78 is 10.6. The van der Waals surface area contributed by atoms with Crippen molar-refractivity contribution in [3.63, 3.8) is 0 Å². The predicted octanol–water partition coefficient (Wildman–Crippen LogP) is 0.777. The second-order valence-corrected chi connectivity index (χ2v) is 3.27. The van der Waals surface area contributed by atoms with Crippen LogP contribution in [0.1, 0.15) is 19.8 Å². The van der Waals surface area contributed by atoms with Crippen LogP contribution in [-0.4, -0.2) is 32.5 Å². The Morgan fingerprint density at radius 1 is 1.58 bits per heavy atom. The number of hydrogen-bond donors (Lipinski definition) is 1. The van der Waals surface area contributed by atoms with E-state index < -0.39 is 0 Å². The van der Waals surface area contributed by atoms with E-state index in [1.54, 1.807) is 0 Å². The predicted molar refractivity (Wildman–Crippen MR) is 48.0 cm³/mol. The van der Waals surface area contributed by atoms with Gasteiger partial charge in [-0.25, -0.2) is 0 Å². The van der Waals surface area contributed by atoms with Gasteiger partial charge in [-0.05, 0) is 25.7 Å². The Morgan fingerprint density at radius 3 is 3.08 bits per heavy atom. The molecule has 1 aliphatic heterocycles. The molecule has 12 heavy (non-hydrogen) atoms. The minimum Gasteiger partial charge on any atom is -0.382 e. The summed E-state index contributed by atoms with van der Waals surface area (Å²) in [4.78, 5) is 0. The first kappa shape index (κ1) is 9.96. The normalized spacial score (nSPS) is 30.5. The first-order chi connectivity index (χ1) is 5.84. The van der Waals surface area contributed by atoms with Crippen molar-refractivity contribution in [3.05, 3.63) is 0 Å². The Morgan fingerprint density at radius 2 is 2.42 bits per heavy atom. The molecule has 2 unspecified atom stereocenters. The zero-order valence-electron chi connectivity index (χ0n) is 7.79. The second-order valence-electron chi connectivity index (χ2n) is 3.27. The molecule has 0 aromatic heterocycles. The van der Waals surface area contributed by atoms with Gasteiger partial charge in [-0.2, -0.15) is 0 Å². The molecule has 0 amide bonds. The molecular weight excluding hydrogens is 154 g/mol. The van der Waals surface area contributed by atoms with Crippen LogP contribution in [0, 0.1) is 5.92 Å². The van der Waals surface area contributed by atoms with Crippen LogP contribution in [-0.2, 0) is 9.47 Å². The van der Waals surface area contributed by atoms with E-state index in [1.165, 1.54) is 0 Å². The highest BCUT2D eigenvalue weighted by atomic mass is 16.5. The third-order valence-corrected chi connectivity index (χ3v) is 2.37. The quantitative estimate of drug-likeness (QED) is 0.639. The standard InChI is InChI=1S/C9H19NO2/c1-2-11-5-3-8-7-12-6-4-9(8)10/h8-9H,2-7,10H2,1H3. The Kier molecular flexibility index (Phi) is 4.58. The summed E-state index contributed by atoms with van der Waals surface area (Å²) >= 11 is 0. The molecule has 0 saturated carbocycles. The maximum absolute atomic E-state index is 5.93. The van der Waals surface area contributed by atoms with E-state index in [-0.39, 0.29) is 0 Å². The van der Waals surface area contributed by atoms with Gasteiger partial charge >= 0.3 is 0 Å². The highest BCUT2D eigenvalue weighted by Gasteiger charge is 2.21. The molecule has 3 nitrogen and oxygen atoms in total. The molecule has 0 radical (unpaired) electrons. The van der Waals surface area contributed by atoms with E-state index in [1.807, 2.05) is 6.92 Å². The lowest BCUT2D eigenvalue weighted by molar-refractivity contribution is 0.0241.